The maximum atomic E-state index is 13.0. The molecule has 0 radical (unpaired) electrons. The number of carbonyl (C=O) groups is 1. The minimum absolute atomic E-state index is 0.00147. The first-order chi connectivity index (χ1) is 16.9. The Labute approximate surface area is 200 Å². The van der Waals surface area contributed by atoms with E-state index in [0.717, 1.165) is 6.20 Å². The summed E-state index contributed by atoms with van der Waals surface area (Å²) in [5.41, 5.74) is -3.88. The van der Waals surface area contributed by atoms with Crippen LogP contribution in [-0.2, 0) is 21.9 Å². The first kappa shape index (κ1) is 27.2. The highest BCUT2D eigenvalue weighted by Crippen LogP contribution is 2.32. The van der Waals surface area contributed by atoms with Crippen molar-refractivity contribution < 1.29 is 40.6 Å². The molecule has 36 heavy (non-hydrogen) atoms. The van der Waals surface area contributed by atoms with Gasteiger partial charge in [-0.15, -0.1) is 0 Å². The van der Waals surface area contributed by atoms with E-state index < -0.39 is 40.9 Å². The van der Waals surface area contributed by atoms with E-state index in [1.165, 1.54) is 6.92 Å². The molecule has 1 atom stereocenters. The van der Waals surface area contributed by atoms with Crippen LogP contribution in [0.15, 0.2) is 23.4 Å². The number of H-pyrrole nitrogens is 1. The average Bonchev–Trinajstić information content (AvgIpc) is 2.81. The quantitative estimate of drug-likeness (QED) is 0.523. The number of aromatic nitrogens is 4. The van der Waals surface area contributed by atoms with Crippen LogP contribution in [0.5, 0.6) is 5.75 Å². The lowest BCUT2D eigenvalue weighted by atomic mass is 10.2. The van der Waals surface area contributed by atoms with Crippen molar-refractivity contribution in [1.29, 1.82) is 0 Å². The van der Waals surface area contributed by atoms with Crippen LogP contribution in [0.1, 0.15) is 24.5 Å². The Kier molecular flexibility index (Phi) is 8.37. The van der Waals surface area contributed by atoms with E-state index in [1.807, 2.05) is 0 Å². The van der Waals surface area contributed by atoms with Crippen LogP contribution in [0, 0.1) is 0 Å². The Bertz CT molecular complexity index is 1080. The van der Waals surface area contributed by atoms with E-state index in [4.69, 9.17) is 9.47 Å². The molecule has 198 valence electrons. The van der Waals surface area contributed by atoms with E-state index in [1.54, 1.807) is 14.9 Å². The summed E-state index contributed by atoms with van der Waals surface area (Å²) in [4.78, 5) is 34.6. The number of piperazine rings is 1. The van der Waals surface area contributed by atoms with Crippen molar-refractivity contribution in [2.24, 2.45) is 0 Å². The van der Waals surface area contributed by atoms with Crippen molar-refractivity contribution in [2.75, 3.05) is 44.3 Å². The van der Waals surface area contributed by atoms with Crippen LogP contribution in [0.3, 0.4) is 0 Å². The van der Waals surface area contributed by atoms with E-state index >= 15 is 0 Å². The van der Waals surface area contributed by atoms with Gasteiger partial charge < -0.3 is 19.3 Å². The van der Waals surface area contributed by atoms with Crippen LogP contribution in [0.2, 0.25) is 0 Å². The normalized spacial score (nSPS) is 15.6. The predicted molar refractivity (Wildman–Crippen MR) is 111 cm³/mol. The number of aromatic amines is 1. The lowest BCUT2D eigenvalue weighted by Gasteiger charge is -2.34. The van der Waals surface area contributed by atoms with Crippen LogP contribution >= 0.6 is 0 Å². The second-order valence-electron chi connectivity index (χ2n) is 7.82. The molecule has 16 heteroatoms. The highest BCUT2D eigenvalue weighted by atomic mass is 19.4. The number of halogens is 6. The first-order valence-corrected chi connectivity index (χ1v) is 10.7. The van der Waals surface area contributed by atoms with Gasteiger partial charge in [0, 0.05) is 38.6 Å². The summed E-state index contributed by atoms with van der Waals surface area (Å²) >= 11 is 0. The van der Waals surface area contributed by atoms with Crippen molar-refractivity contribution in [1.82, 2.24) is 25.1 Å². The van der Waals surface area contributed by atoms with Gasteiger partial charge in [-0.25, -0.2) is 15.1 Å². The zero-order valence-electron chi connectivity index (χ0n) is 18.9. The molecule has 2 aromatic rings. The third-order valence-corrected chi connectivity index (χ3v) is 5.18. The molecule has 10 nitrogen and oxygen atoms in total. The molecule has 3 heterocycles. The number of amides is 1. The molecule has 1 aliphatic rings. The number of alkyl halides is 6. The second-order valence-corrected chi connectivity index (χ2v) is 7.82. The molecule has 1 N–H and O–H groups in total. The summed E-state index contributed by atoms with van der Waals surface area (Å²) in [5.74, 6) is -0.821. The molecule has 1 aliphatic heterocycles. The number of hydrogen-bond acceptors (Lipinski definition) is 8. The summed E-state index contributed by atoms with van der Waals surface area (Å²) in [5, 5.41) is 5.00. The average molecular weight is 524 g/mol. The number of hydrogen-bond donors (Lipinski definition) is 1. The van der Waals surface area contributed by atoms with E-state index in [0.29, 0.717) is 38.6 Å². The lowest BCUT2D eigenvalue weighted by molar-refractivity contribution is -0.141. The molecule has 0 aromatic carbocycles. The molecular weight excluding hydrogens is 502 g/mol. The number of anilines is 1. The monoisotopic (exact) mass is 524 g/mol. The van der Waals surface area contributed by atoms with Crippen molar-refractivity contribution in [3.05, 3.63) is 40.1 Å². The topological polar surface area (TPSA) is 114 Å². The van der Waals surface area contributed by atoms with Gasteiger partial charge >= 0.3 is 12.4 Å². The number of nitrogens with one attached hydrogen (secondary N) is 1. The van der Waals surface area contributed by atoms with Gasteiger partial charge in [0.2, 0.25) is 11.9 Å². The zero-order chi connectivity index (χ0) is 26.5. The fourth-order valence-corrected chi connectivity index (χ4v) is 3.31. The molecule has 0 saturated carbocycles. The summed E-state index contributed by atoms with van der Waals surface area (Å²) in [6.45, 7) is 2.46. The van der Waals surface area contributed by atoms with E-state index in [2.05, 4.69) is 15.1 Å². The van der Waals surface area contributed by atoms with Crippen molar-refractivity contribution in [3.63, 3.8) is 0 Å². The molecule has 0 spiro atoms. The van der Waals surface area contributed by atoms with E-state index in [-0.39, 0.29) is 31.5 Å². The summed E-state index contributed by atoms with van der Waals surface area (Å²) in [6, 6.07) is 0. The van der Waals surface area contributed by atoms with Crippen molar-refractivity contribution >= 4 is 11.9 Å². The molecule has 0 aliphatic carbocycles. The van der Waals surface area contributed by atoms with Gasteiger partial charge in [0.05, 0.1) is 30.9 Å². The molecule has 1 amide bonds. The Morgan fingerprint density at radius 3 is 2.28 bits per heavy atom. The Balaban J connectivity index is 1.40. The van der Waals surface area contributed by atoms with Crippen LogP contribution in [-0.4, -0.2) is 76.5 Å². The van der Waals surface area contributed by atoms with E-state index in [9.17, 15) is 35.9 Å². The predicted octanol–water partition coefficient (Wildman–Crippen LogP) is 2.12. The largest absolute Gasteiger partial charge is 0.488 e. The van der Waals surface area contributed by atoms with Gasteiger partial charge in [-0.1, -0.05) is 0 Å². The Hall–Kier alpha value is -3.43. The molecule has 2 aromatic heterocycles. The fourth-order valence-electron chi connectivity index (χ4n) is 3.31. The molecule has 1 fully saturated rings. The maximum absolute atomic E-state index is 13.0. The zero-order valence-corrected chi connectivity index (χ0v) is 18.9. The molecular formula is C20H22F6N6O4. The van der Waals surface area contributed by atoms with Gasteiger partial charge in [0.15, 0.2) is 11.3 Å². The first-order valence-electron chi connectivity index (χ1n) is 10.7. The van der Waals surface area contributed by atoms with Gasteiger partial charge in [-0.3, -0.25) is 9.59 Å². The van der Waals surface area contributed by atoms with Crippen LogP contribution < -0.4 is 15.2 Å². The molecule has 0 bridgehead atoms. The fraction of sp³-hybridized carbons (Fsp3) is 0.550. The number of rotatable bonds is 8. The molecule has 3 rings (SSSR count). The van der Waals surface area contributed by atoms with Gasteiger partial charge in [0.25, 0.3) is 5.56 Å². The Morgan fingerprint density at radius 1 is 1.06 bits per heavy atom. The number of nitrogens with zero attached hydrogens (tertiary/aromatic N) is 5. The summed E-state index contributed by atoms with van der Waals surface area (Å²) in [7, 11) is 0. The summed E-state index contributed by atoms with van der Waals surface area (Å²) in [6.07, 6.45) is -7.98. The van der Waals surface area contributed by atoms with Crippen molar-refractivity contribution in [3.8, 4) is 5.75 Å². The number of ether oxygens (including phenoxy) is 2. The minimum Gasteiger partial charge on any atom is -0.488 e. The highest BCUT2D eigenvalue weighted by molar-refractivity contribution is 5.76. The third kappa shape index (κ3) is 7.05. The van der Waals surface area contributed by atoms with Crippen LogP contribution in [0.4, 0.5) is 32.3 Å². The summed E-state index contributed by atoms with van der Waals surface area (Å²) < 4.78 is 87.5. The molecule has 0 unspecified atom stereocenters. The van der Waals surface area contributed by atoms with Gasteiger partial charge in [0.1, 0.15) is 6.61 Å². The highest BCUT2D eigenvalue weighted by Gasteiger charge is 2.38. The standard InChI is InChI=1S/C20H22F6N6O4/c1-12(11-36-14-10-29-30-17(34)16(14)20(24,25)26)35-7-2-15(33)31-3-5-32(6-4-31)18-27-8-13(9-28-18)19(21,22)23/h8-10,12H,2-7,11H2,1H3,(H,30,34)/t12-/m1/s1. The third-order valence-electron chi connectivity index (χ3n) is 5.18. The maximum Gasteiger partial charge on any atom is 0.425 e. The smallest absolute Gasteiger partial charge is 0.425 e. The van der Waals surface area contributed by atoms with Crippen LogP contribution in [0.25, 0.3) is 0 Å². The molecule has 1 saturated heterocycles. The van der Waals surface area contributed by atoms with Crippen molar-refractivity contribution in [2.45, 2.75) is 31.8 Å². The van der Waals surface area contributed by atoms with Gasteiger partial charge in [-0.05, 0) is 6.92 Å². The minimum atomic E-state index is -4.93. The Morgan fingerprint density at radius 2 is 1.69 bits per heavy atom. The second kappa shape index (κ2) is 11.1. The lowest BCUT2D eigenvalue weighted by Crippen LogP contribution is -2.49. The number of carbonyl (C=O) groups excluding carboxylic acids is 1. The SMILES string of the molecule is C[C@H](COc1cn[nH]c(=O)c1C(F)(F)F)OCCC(=O)N1CCN(c2ncc(C(F)(F)F)cn2)CC1. The van der Waals surface area contributed by atoms with Gasteiger partial charge in [-0.2, -0.15) is 31.4 Å².